The first-order chi connectivity index (χ1) is 8.59. The van der Waals surface area contributed by atoms with E-state index in [1.165, 1.54) is 4.90 Å². The number of hydrogen-bond acceptors (Lipinski definition) is 3. The molecule has 0 aromatic heterocycles. The van der Waals surface area contributed by atoms with Crippen LogP contribution in [0.5, 0.6) is 0 Å². The monoisotopic (exact) mass is 264 g/mol. The maximum absolute atomic E-state index is 12.3. The fourth-order valence-electron chi connectivity index (χ4n) is 2.85. The Labute approximate surface area is 110 Å². The number of carbonyl (C=O) groups is 2. The molecular formula is C13H13ClN2O2. The molecule has 1 aromatic carbocycles. The molecular weight excluding hydrogens is 252 g/mol. The van der Waals surface area contributed by atoms with Gasteiger partial charge in [-0.1, -0.05) is 17.7 Å². The molecule has 1 heterocycles. The van der Waals surface area contributed by atoms with Gasteiger partial charge in [0, 0.05) is 11.8 Å². The van der Waals surface area contributed by atoms with Gasteiger partial charge in [0.2, 0.25) is 11.8 Å². The molecule has 18 heavy (non-hydrogen) atoms. The molecule has 1 aliphatic heterocycles. The summed E-state index contributed by atoms with van der Waals surface area (Å²) >= 11 is 6.10. The number of piperidine rings is 1. The Bertz CT molecular complexity index is 522. The predicted octanol–water partition coefficient (Wildman–Crippen LogP) is 2.21. The van der Waals surface area contributed by atoms with Crippen molar-refractivity contribution in [2.75, 3.05) is 10.6 Å². The Kier molecular flexibility index (Phi) is 2.55. The van der Waals surface area contributed by atoms with Crippen LogP contribution in [-0.4, -0.2) is 11.8 Å². The molecule has 1 aromatic rings. The Morgan fingerprint density at radius 1 is 1.17 bits per heavy atom. The second-order valence-electron chi connectivity index (χ2n) is 4.90. The molecule has 94 valence electrons. The van der Waals surface area contributed by atoms with Crippen molar-refractivity contribution in [2.24, 2.45) is 11.8 Å². The van der Waals surface area contributed by atoms with Gasteiger partial charge in [-0.2, -0.15) is 0 Å². The van der Waals surface area contributed by atoms with Gasteiger partial charge in [0.05, 0.1) is 16.4 Å². The van der Waals surface area contributed by atoms with Crippen molar-refractivity contribution in [1.82, 2.24) is 0 Å². The van der Waals surface area contributed by atoms with Crippen LogP contribution >= 0.6 is 11.6 Å². The highest BCUT2D eigenvalue weighted by Gasteiger charge is 2.46. The van der Waals surface area contributed by atoms with Gasteiger partial charge in [-0.3, -0.25) is 9.59 Å². The number of nitrogen functional groups attached to an aromatic ring is 1. The van der Waals surface area contributed by atoms with E-state index in [1.807, 2.05) is 0 Å². The summed E-state index contributed by atoms with van der Waals surface area (Å²) in [5, 5.41) is 0.278. The SMILES string of the molecule is Nc1cccc(N2C(=O)C3CCC(C3)C2=O)c1Cl. The van der Waals surface area contributed by atoms with Crippen molar-refractivity contribution < 1.29 is 9.59 Å². The predicted molar refractivity (Wildman–Crippen MR) is 69.2 cm³/mol. The van der Waals surface area contributed by atoms with Crippen LogP contribution in [0.4, 0.5) is 11.4 Å². The number of nitrogens with zero attached hydrogens (tertiary/aromatic N) is 1. The van der Waals surface area contributed by atoms with E-state index in [9.17, 15) is 9.59 Å². The number of benzene rings is 1. The number of imide groups is 1. The summed E-state index contributed by atoms with van der Waals surface area (Å²) in [6.45, 7) is 0. The normalized spacial score (nSPS) is 26.8. The summed E-state index contributed by atoms with van der Waals surface area (Å²) in [6.07, 6.45) is 2.28. The van der Waals surface area contributed by atoms with E-state index in [1.54, 1.807) is 18.2 Å². The summed E-state index contributed by atoms with van der Waals surface area (Å²) in [4.78, 5) is 25.8. The molecule has 4 nitrogen and oxygen atoms in total. The van der Waals surface area contributed by atoms with Crippen molar-refractivity contribution in [3.63, 3.8) is 0 Å². The molecule has 2 aliphatic rings. The van der Waals surface area contributed by atoms with Crippen LogP contribution in [0, 0.1) is 11.8 Å². The third-order valence-electron chi connectivity index (χ3n) is 3.82. The zero-order chi connectivity index (χ0) is 12.9. The van der Waals surface area contributed by atoms with Crippen molar-refractivity contribution in [3.8, 4) is 0 Å². The van der Waals surface area contributed by atoms with Crippen molar-refractivity contribution in [1.29, 1.82) is 0 Å². The average Bonchev–Trinajstić information content (AvgIpc) is 2.79. The lowest BCUT2D eigenvalue weighted by Crippen LogP contribution is -2.46. The van der Waals surface area contributed by atoms with E-state index >= 15 is 0 Å². The van der Waals surface area contributed by atoms with Gasteiger partial charge < -0.3 is 5.73 Å². The first-order valence-corrected chi connectivity index (χ1v) is 6.39. The lowest BCUT2D eigenvalue weighted by molar-refractivity contribution is -0.132. The molecule has 2 N–H and O–H groups in total. The highest BCUT2D eigenvalue weighted by atomic mass is 35.5. The number of halogens is 1. The minimum Gasteiger partial charge on any atom is -0.397 e. The van der Waals surface area contributed by atoms with Gasteiger partial charge in [-0.15, -0.1) is 0 Å². The summed E-state index contributed by atoms with van der Waals surface area (Å²) in [6, 6.07) is 5.02. The summed E-state index contributed by atoms with van der Waals surface area (Å²) in [7, 11) is 0. The van der Waals surface area contributed by atoms with Gasteiger partial charge in [0.1, 0.15) is 0 Å². The highest BCUT2D eigenvalue weighted by molar-refractivity contribution is 6.37. The first kappa shape index (κ1) is 11.5. The average molecular weight is 265 g/mol. The third-order valence-corrected chi connectivity index (χ3v) is 4.23. The van der Waals surface area contributed by atoms with E-state index in [2.05, 4.69) is 0 Å². The van der Waals surface area contributed by atoms with E-state index in [4.69, 9.17) is 17.3 Å². The largest absolute Gasteiger partial charge is 0.397 e. The molecule has 0 radical (unpaired) electrons. The van der Waals surface area contributed by atoms with Crippen LogP contribution in [-0.2, 0) is 9.59 Å². The van der Waals surface area contributed by atoms with E-state index in [0.717, 1.165) is 12.8 Å². The summed E-state index contributed by atoms with van der Waals surface area (Å²) < 4.78 is 0. The fraction of sp³-hybridized carbons (Fsp3) is 0.385. The van der Waals surface area contributed by atoms with Gasteiger partial charge in [0.25, 0.3) is 0 Å². The van der Waals surface area contributed by atoms with Crippen LogP contribution in [0.2, 0.25) is 5.02 Å². The van der Waals surface area contributed by atoms with Gasteiger partial charge in [0.15, 0.2) is 0 Å². The molecule has 0 spiro atoms. The number of fused-ring (bicyclic) bond motifs is 2. The van der Waals surface area contributed by atoms with Crippen molar-refractivity contribution in [2.45, 2.75) is 19.3 Å². The van der Waals surface area contributed by atoms with Crippen LogP contribution in [0.15, 0.2) is 18.2 Å². The topological polar surface area (TPSA) is 63.4 Å². The molecule has 3 rings (SSSR count). The maximum Gasteiger partial charge on any atom is 0.236 e. The minimum absolute atomic E-state index is 0.0369. The molecule has 1 saturated heterocycles. The lowest BCUT2D eigenvalue weighted by atomic mass is 9.96. The van der Waals surface area contributed by atoms with Crippen LogP contribution in [0.1, 0.15) is 19.3 Å². The lowest BCUT2D eigenvalue weighted by Gasteiger charge is -2.30. The zero-order valence-electron chi connectivity index (χ0n) is 9.73. The molecule has 1 aliphatic carbocycles. The number of nitrogens with two attached hydrogens (primary N) is 1. The Balaban J connectivity index is 2.08. The third kappa shape index (κ3) is 1.52. The quantitative estimate of drug-likeness (QED) is 0.625. The molecule has 2 bridgehead atoms. The van der Waals surface area contributed by atoms with Crippen molar-refractivity contribution in [3.05, 3.63) is 23.2 Å². The number of rotatable bonds is 1. The van der Waals surface area contributed by atoms with Crippen molar-refractivity contribution >= 4 is 34.8 Å². The standard InChI is InChI=1S/C13H13ClN2O2/c14-11-9(15)2-1-3-10(11)16-12(17)7-4-5-8(6-7)13(16)18/h1-3,7-8H,4-6,15H2. The van der Waals surface area contributed by atoms with Crippen LogP contribution in [0.25, 0.3) is 0 Å². The molecule has 2 unspecified atom stereocenters. The fourth-order valence-corrected chi connectivity index (χ4v) is 3.06. The zero-order valence-corrected chi connectivity index (χ0v) is 10.5. The maximum atomic E-state index is 12.3. The van der Waals surface area contributed by atoms with E-state index in [-0.39, 0.29) is 28.7 Å². The summed E-state index contributed by atoms with van der Waals surface area (Å²) in [5.41, 5.74) is 6.52. The molecule has 2 amide bonds. The molecule has 2 atom stereocenters. The van der Waals surface area contributed by atoms with Crippen LogP contribution in [0.3, 0.4) is 0 Å². The van der Waals surface area contributed by atoms with E-state index in [0.29, 0.717) is 17.8 Å². The number of hydrogen-bond donors (Lipinski definition) is 1. The van der Waals surface area contributed by atoms with Gasteiger partial charge in [-0.05, 0) is 31.4 Å². The second kappa shape index (κ2) is 3.99. The van der Waals surface area contributed by atoms with E-state index < -0.39 is 0 Å². The Morgan fingerprint density at radius 3 is 2.39 bits per heavy atom. The molecule has 5 heteroatoms. The molecule has 1 saturated carbocycles. The smallest absolute Gasteiger partial charge is 0.236 e. The number of carbonyl (C=O) groups excluding carboxylic acids is 2. The Morgan fingerprint density at radius 2 is 1.78 bits per heavy atom. The second-order valence-corrected chi connectivity index (χ2v) is 5.28. The number of amides is 2. The number of anilines is 2. The van der Waals surface area contributed by atoms with Crippen LogP contribution < -0.4 is 10.6 Å². The highest BCUT2D eigenvalue weighted by Crippen LogP contribution is 2.42. The van der Waals surface area contributed by atoms with Gasteiger partial charge in [-0.25, -0.2) is 4.90 Å². The first-order valence-electron chi connectivity index (χ1n) is 6.01. The van der Waals surface area contributed by atoms with Gasteiger partial charge >= 0.3 is 0 Å². The minimum atomic E-state index is -0.138. The molecule has 2 fully saturated rings. The Hall–Kier alpha value is -1.55. The summed E-state index contributed by atoms with van der Waals surface area (Å²) in [5.74, 6) is -0.349.